The standard InChI is InChI=1S/C11H20N2O/c1-7(2)10-11(14)13(6-12-10)9-4-8(3)5-9/h7-10,12H,4-6H2,1-3H3. The van der Waals surface area contributed by atoms with Gasteiger partial charge in [0, 0.05) is 6.04 Å². The van der Waals surface area contributed by atoms with Crippen LogP contribution in [0.2, 0.25) is 0 Å². The molecule has 1 aliphatic carbocycles. The highest BCUT2D eigenvalue weighted by Crippen LogP contribution is 2.32. The molecule has 1 amide bonds. The lowest BCUT2D eigenvalue weighted by Crippen LogP contribution is -2.46. The number of rotatable bonds is 2. The number of nitrogens with zero attached hydrogens (tertiary/aromatic N) is 1. The fraction of sp³-hybridized carbons (Fsp3) is 0.909. The summed E-state index contributed by atoms with van der Waals surface area (Å²) in [6.07, 6.45) is 2.39. The van der Waals surface area contributed by atoms with E-state index in [2.05, 4.69) is 26.1 Å². The van der Waals surface area contributed by atoms with E-state index in [0.717, 1.165) is 12.6 Å². The van der Waals surface area contributed by atoms with Crippen LogP contribution in [0.15, 0.2) is 0 Å². The molecule has 3 nitrogen and oxygen atoms in total. The van der Waals surface area contributed by atoms with Crippen molar-refractivity contribution in [2.75, 3.05) is 6.67 Å². The SMILES string of the molecule is CC1CC(N2CNC(C(C)C)C2=O)C1. The summed E-state index contributed by atoms with van der Waals surface area (Å²) in [6, 6.07) is 0.583. The Hall–Kier alpha value is -0.570. The largest absolute Gasteiger partial charge is 0.326 e. The zero-order valence-electron chi connectivity index (χ0n) is 9.29. The lowest BCUT2D eigenvalue weighted by Gasteiger charge is -2.39. The maximum Gasteiger partial charge on any atom is 0.241 e. The first-order valence-corrected chi connectivity index (χ1v) is 5.63. The molecule has 0 aromatic carbocycles. The summed E-state index contributed by atoms with van der Waals surface area (Å²) in [7, 11) is 0. The van der Waals surface area contributed by atoms with Crippen LogP contribution < -0.4 is 5.32 Å². The van der Waals surface area contributed by atoms with Crippen LogP contribution in [-0.2, 0) is 4.79 Å². The van der Waals surface area contributed by atoms with Gasteiger partial charge in [-0.2, -0.15) is 0 Å². The Morgan fingerprint density at radius 2 is 2.07 bits per heavy atom. The molecular formula is C11H20N2O. The molecule has 0 aromatic heterocycles. The van der Waals surface area contributed by atoms with E-state index in [-0.39, 0.29) is 6.04 Å². The minimum absolute atomic E-state index is 0.0610. The van der Waals surface area contributed by atoms with E-state index in [0.29, 0.717) is 17.9 Å². The van der Waals surface area contributed by atoms with Crippen molar-refractivity contribution >= 4 is 5.91 Å². The second-order valence-electron chi connectivity index (χ2n) is 5.12. The third-order valence-electron chi connectivity index (χ3n) is 3.49. The second kappa shape index (κ2) is 3.54. The molecule has 1 unspecified atom stereocenters. The van der Waals surface area contributed by atoms with Gasteiger partial charge in [0.1, 0.15) is 0 Å². The first-order chi connectivity index (χ1) is 6.59. The van der Waals surface area contributed by atoms with Crippen molar-refractivity contribution < 1.29 is 4.79 Å². The third kappa shape index (κ3) is 1.54. The maximum atomic E-state index is 12.0. The molecule has 1 saturated heterocycles. The molecule has 1 N–H and O–H groups in total. The molecule has 1 atom stereocenters. The van der Waals surface area contributed by atoms with E-state index in [4.69, 9.17) is 0 Å². The van der Waals surface area contributed by atoms with E-state index in [9.17, 15) is 4.79 Å². The van der Waals surface area contributed by atoms with Crippen molar-refractivity contribution in [1.29, 1.82) is 0 Å². The molecule has 1 saturated carbocycles. The molecule has 2 fully saturated rings. The molecule has 1 aliphatic heterocycles. The fourth-order valence-corrected chi connectivity index (χ4v) is 2.48. The first-order valence-electron chi connectivity index (χ1n) is 5.63. The van der Waals surface area contributed by atoms with Crippen molar-refractivity contribution in [1.82, 2.24) is 10.2 Å². The monoisotopic (exact) mass is 196 g/mol. The quantitative estimate of drug-likeness (QED) is 0.719. The summed E-state index contributed by atoms with van der Waals surface area (Å²) < 4.78 is 0. The Morgan fingerprint density at radius 1 is 1.43 bits per heavy atom. The molecule has 0 bridgehead atoms. The third-order valence-corrected chi connectivity index (χ3v) is 3.49. The van der Waals surface area contributed by atoms with Crippen LogP contribution in [0.3, 0.4) is 0 Å². The normalized spacial score (nSPS) is 37.9. The average molecular weight is 196 g/mol. The lowest BCUT2D eigenvalue weighted by molar-refractivity contribution is -0.133. The number of nitrogens with one attached hydrogen (secondary N) is 1. The molecule has 80 valence electrons. The number of carbonyl (C=O) groups is 1. The molecule has 0 aromatic rings. The first kappa shape index (κ1) is 9.97. The summed E-state index contributed by atoms with van der Waals surface area (Å²) in [5.41, 5.74) is 0. The zero-order valence-corrected chi connectivity index (χ0v) is 9.29. The van der Waals surface area contributed by atoms with Gasteiger partial charge < -0.3 is 4.90 Å². The predicted octanol–water partition coefficient (Wildman–Crippen LogP) is 1.20. The summed E-state index contributed by atoms with van der Waals surface area (Å²) in [6.45, 7) is 7.22. The van der Waals surface area contributed by atoms with E-state index in [1.165, 1.54) is 12.8 Å². The lowest BCUT2D eigenvalue weighted by atomic mass is 9.81. The van der Waals surface area contributed by atoms with E-state index in [1.54, 1.807) is 0 Å². The van der Waals surface area contributed by atoms with Crippen LogP contribution in [0.25, 0.3) is 0 Å². The van der Waals surface area contributed by atoms with Gasteiger partial charge in [0.15, 0.2) is 0 Å². The summed E-state index contributed by atoms with van der Waals surface area (Å²) >= 11 is 0. The molecule has 14 heavy (non-hydrogen) atoms. The van der Waals surface area contributed by atoms with Crippen LogP contribution in [0, 0.1) is 11.8 Å². The van der Waals surface area contributed by atoms with Crippen LogP contribution in [0.4, 0.5) is 0 Å². The molecule has 0 spiro atoms. The summed E-state index contributed by atoms with van der Waals surface area (Å²) in [4.78, 5) is 14.0. The Bertz CT molecular complexity index is 233. The van der Waals surface area contributed by atoms with Crippen LogP contribution >= 0.6 is 0 Å². The highest BCUT2D eigenvalue weighted by molar-refractivity contribution is 5.84. The van der Waals surface area contributed by atoms with Gasteiger partial charge in [0.2, 0.25) is 5.91 Å². The molecule has 1 heterocycles. The Morgan fingerprint density at radius 3 is 2.50 bits per heavy atom. The van der Waals surface area contributed by atoms with Crippen molar-refractivity contribution in [2.45, 2.75) is 45.7 Å². The second-order valence-corrected chi connectivity index (χ2v) is 5.12. The van der Waals surface area contributed by atoms with Crippen molar-refractivity contribution in [2.24, 2.45) is 11.8 Å². The molecular weight excluding hydrogens is 176 g/mol. The van der Waals surface area contributed by atoms with E-state index in [1.807, 2.05) is 4.90 Å². The summed E-state index contributed by atoms with van der Waals surface area (Å²) in [5.74, 6) is 1.54. The Kier molecular flexibility index (Phi) is 2.52. The van der Waals surface area contributed by atoms with Crippen molar-refractivity contribution in [3.63, 3.8) is 0 Å². The maximum absolute atomic E-state index is 12.0. The topological polar surface area (TPSA) is 32.3 Å². The van der Waals surface area contributed by atoms with Gasteiger partial charge in [-0.3, -0.25) is 10.1 Å². The molecule has 2 aliphatic rings. The fourth-order valence-electron chi connectivity index (χ4n) is 2.48. The number of amides is 1. The van der Waals surface area contributed by atoms with Crippen molar-refractivity contribution in [3.8, 4) is 0 Å². The average Bonchev–Trinajstić information content (AvgIpc) is 2.41. The van der Waals surface area contributed by atoms with Crippen LogP contribution in [0.1, 0.15) is 33.6 Å². The van der Waals surface area contributed by atoms with Gasteiger partial charge >= 0.3 is 0 Å². The van der Waals surface area contributed by atoms with Gasteiger partial charge in [-0.15, -0.1) is 0 Å². The smallest absolute Gasteiger partial charge is 0.241 e. The van der Waals surface area contributed by atoms with Gasteiger partial charge in [-0.1, -0.05) is 20.8 Å². The molecule has 2 rings (SSSR count). The highest BCUT2D eigenvalue weighted by Gasteiger charge is 2.40. The summed E-state index contributed by atoms with van der Waals surface area (Å²) in [5, 5.41) is 3.30. The van der Waals surface area contributed by atoms with Gasteiger partial charge in [0.05, 0.1) is 12.7 Å². The highest BCUT2D eigenvalue weighted by atomic mass is 16.2. The van der Waals surface area contributed by atoms with Gasteiger partial charge in [-0.25, -0.2) is 0 Å². The Labute approximate surface area is 85.8 Å². The van der Waals surface area contributed by atoms with Gasteiger partial charge in [-0.05, 0) is 24.7 Å². The van der Waals surface area contributed by atoms with E-state index >= 15 is 0 Å². The predicted molar refractivity (Wildman–Crippen MR) is 55.7 cm³/mol. The van der Waals surface area contributed by atoms with Crippen molar-refractivity contribution in [3.05, 3.63) is 0 Å². The Balaban J connectivity index is 1.94. The number of carbonyl (C=O) groups excluding carboxylic acids is 1. The minimum atomic E-state index is 0.0610. The zero-order chi connectivity index (χ0) is 10.3. The number of hydrogen-bond donors (Lipinski definition) is 1. The van der Waals surface area contributed by atoms with Gasteiger partial charge in [0.25, 0.3) is 0 Å². The van der Waals surface area contributed by atoms with Crippen LogP contribution in [0.5, 0.6) is 0 Å². The number of hydrogen-bond acceptors (Lipinski definition) is 2. The van der Waals surface area contributed by atoms with Crippen LogP contribution in [-0.4, -0.2) is 29.6 Å². The van der Waals surface area contributed by atoms with E-state index < -0.39 is 0 Å². The molecule has 3 heteroatoms. The molecule has 0 radical (unpaired) electrons. The minimum Gasteiger partial charge on any atom is -0.326 e.